The monoisotopic (exact) mass is 304 g/mol. The highest BCUT2D eigenvalue weighted by Gasteiger charge is 2.15. The number of rotatable bonds is 1. The minimum absolute atomic E-state index is 0.303. The predicted molar refractivity (Wildman–Crippen MR) is 79.4 cm³/mol. The molecule has 1 heterocycles. The van der Waals surface area contributed by atoms with Crippen molar-refractivity contribution in [1.82, 2.24) is 10.2 Å². The minimum Gasteiger partial charge on any atom is -0.204 e. The molecule has 3 rings (SSSR count). The van der Waals surface area contributed by atoms with Gasteiger partial charge in [-0.1, -0.05) is 23.7 Å². The molecule has 0 fully saturated rings. The number of hydrogen-bond donors (Lipinski definition) is 0. The maximum absolute atomic E-state index is 13.5. The van der Waals surface area contributed by atoms with Gasteiger partial charge in [0.1, 0.15) is 5.69 Å². The third-order valence-corrected chi connectivity index (χ3v) is 3.76. The lowest BCUT2D eigenvalue weighted by Gasteiger charge is -2.11. The van der Waals surface area contributed by atoms with Crippen LogP contribution < -0.4 is 0 Å². The highest BCUT2D eigenvalue weighted by atomic mass is 35.5. The maximum atomic E-state index is 13.5. The quantitative estimate of drug-likeness (QED) is 0.642. The van der Waals surface area contributed by atoms with Crippen LogP contribution in [0.15, 0.2) is 30.3 Å². The normalized spacial score (nSPS) is 11.1. The predicted octanol–water partition coefficient (Wildman–Crippen LogP) is 4.85. The molecular weight excluding hydrogens is 294 g/mol. The number of halogens is 3. The van der Waals surface area contributed by atoms with Gasteiger partial charge in [0.2, 0.25) is 0 Å². The molecule has 106 valence electrons. The van der Waals surface area contributed by atoms with Crippen molar-refractivity contribution >= 4 is 22.4 Å². The first-order valence-electron chi connectivity index (χ1n) is 6.36. The van der Waals surface area contributed by atoms with Crippen LogP contribution in [0.3, 0.4) is 0 Å². The van der Waals surface area contributed by atoms with Crippen molar-refractivity contribution in [1.29, 1.82) is 0 Å². The van der Waals surface area contributed by atoms with E-state index in [1.165, 1.54) is 6.07 Å². The van der Waals surface area contributed by atoms with Gasteiger partial charge in [0.15, 0.2) is 16.8 Å². The molecule has 0 radical (unpaired) electrons. The lowest BCUT2D eigenvalue weighted by Crippen LogP contribution is -1.96. The van der Waals surface area contributed by atoms with Crippen molar-refractivity contribution in [2.75, 3.05) is 0 Å². The molecule has 2 aromatic carbocycles. The van der Waals surface area contributed by atoms with Crippen LogP contribution in [0.2, 0.25) is 5.15 Å². The Bertz CT molecular complexity index is 854. The second kappa shape index (κ2) is 5.04. The van der Waals surface area contributed by atoms with Crippen LogP contribution >= 0.6 is 11.6 Å². The van der Waals surface area contributed by atoms with E-state index in [0.29, 0.717) is 16.4 Å². The van der Waals surface area contributed by atoms with Gasteiger partial charge in [-0.25, -0.2) is 8.78 Å². The summed E-state index contributed by atoms with van der Waals surface area (Å²) >= 11 is 6.14. The fourth-order valence-corrected chi connectivity index (χ4v) is 2.70. The summed E-state index contributed by atoms with van der Waals surface area (Å²) in [5.41, 5.74) is 2.87. The number of aryl methyl sites for hydroxylation is 2. The van der Waals surface area contributed by atoms with Crippen LogP contribution in [-0.2, 0) is 0 Å². The van der Waals surface area contributed by atoms with Crippen LogP contribution in [0.25, 0.3) is 22.0 Å². The van der Waals surface area contributed by atoms with Gasteiger partial charge in [-0.3, -0.25) is 0 Å². The lowest BCUT2D eigenvalue weighted by molar-refractivity contribution is 0.509. The van der Waals surface area contributed by atoms with Gasteiger partial charge in [-0.05, 0) is 43.2 Å². The van der Waals surface area contributed by atoms with Gasteiger partial charge in [0.05, 0.1) is 0 Å². The molecular formula is C16H11ClF2N2. The molecule has 21 heavy (non-hydrogen) atoms. The van der Waals surface area contributed by atoms with E-state index in [4.69, 9.17) is 11.6 Å². The smallest absolute Gasteiger partial charge is 0.159 e. The Kier molecular flexibility index (Phi) is 3.33. The SMILES string of the molecule is Cc1ccc(C)c2c(-c3ccc(F)c(F)c3)nnc(Cl)c12. The Morgan fingerprint density at radius 1 is 0.857 bits per heavy atom. The van der Waals surface area contributed by atoms with E-state index >= 15 is 0 Å². The zero-order valence-corrected chi connectivity index (χ0v) is 12.2. The van der Waals surface area contributed by atoms with Crippen LogP contribution in [0.4, 0.5) is 8.78 Å². The number of fused-ring (bicyclic) bond motifs is 1. The van der Waals surface area contributed by atoms with Crippen molar-refractivity contribution in [3.05, 3.63) is 58.2 Å². The summed E-state index contributed by atoms with van der Waals surface area (Å²) < 4.78 is 26.6. The minimum atomic E-state index is -0.914. The van der Waals surface area contributed by atoms with E-state index in [-0.39, 0.29) is 0 Å². The fourth-order valence-electron chi connectivity index (χ4n) is 2.42. The van der Waals surface area contributed by atoms with E-state index in [2.05, 4.69) is 10.2 Å². The fraction of sp³-hybridized carbons (Fsp3) is 0.125. The second-order valence-corrected chi connectivity index (χ2v) is 5.28. The molecule has 0 aliphatic heterocycles. The largest absolute Gasteiger partial charge is 0.204 e. The third-order valence-electron chi connectivity index (χ3n) is 3.50. The summed E-state index contributed by atoms with van der Waals surface area (Å²) in [6.45, 7) is 3.84. The molecule has 0 amide bonds. The van der Waals surface area contributed by atoms with Crippen molar-refractivity contribution in [3.8, 4) is 11.3 Å². The standard InChI is InChI=1S/C16H11ClF2N2/c1-8-3-4-9(2)14-13(8)15(20-21-16(14)17)10-5-6-11(18)12(19)7-10/h3-7H,1-2H3. The first kappa shape index (κ1) is 13.9. The second-order valence-electron chi connectivity index (χ2n) is 4.92. The highest BCUT2D eigenvalue weighted by molar-refractivity contribution is 6.35. The van der Waals surface area contributed by atoms with Crippen LogP contribution in [-0.4, -0.2) is 10.2 Å². The van der Waals surface area contributed by atoms with Gasteiger partial charge >= 0.3 is 0 Å². The molecule has 0 aliphatic carbocycles. The topological polar surface area (TPSA) is 25.8 Å². The van der Waals surface area contributed by atoms with Crippen molar-refractivity contribution in [2.45, 2.75) is 13.8 Å². The molecule has 0 saturated heterocycles. The molecule has 3 aromatic rings. The molecule has 0 bridgehead atoms. The molecule has 5 heteroatoms. The van der Waals surface area contributed by atoms with Gasteiger partial charge < -0.3 is 0 Å². The molecule has 0 saturated carbocycles. The Hall–Kier alpha value is -2.07. The molecule has 0 atom stereocenters. The Morgan fingerprint density at radius 2 is 1.52 bits per heavy atom. The molecule has 0 aliphatic rings. The zero-order chi connectivity index (χ0) is 15.1. The Balaban J connectivity index is 2.41. The summed E-state index contributed by atoms with van der Waals surface area (Å²) in [6.07, 6.45) is 0. The Labute approximate surface area is 125 Å². The summed E-state index contributed by atoms with van der Waals surface area (Å²) in [7, 11) is 0. The van der Waals surface area contributed by atoms with E-state index < -0.39 is 11.6 Å². The number of nitrogens with zero attached hydrogens (tertiary/aromatic N) is 2. The number of benzene rings is 2. The lowest BCUT2D eigenvalue weighted by atomic mass is 9.98. The zero-order valence-electron chi connectivity index (χ0n) is 11.4. The van der Waals surface area contributed by atoms with Gasteiger partial charge in [0, 0.05) is 16.3 Å². The van der Waals surface area contributed by atoms with E-state index in [9.17, 15) is 8.78 Å². The van der Waals surface area contributed by atoms with Gasteiger partial charge in [-0.2, -0.15) is 0 Å². The first-order chi connectivity index (χ1) is 9.99. The van der Waals surface area contributed by atoms with Crippen LogP contribution in [0, 0.1) is 25.5 Å². The first-order valence-corrected chi connectivity index (χ1v) is 6.74. The molecule has 0 spiro atoms. The highest BCUT2D eigenvalue weighted by Crippen LogP contribution is 2.34. The molecule has 0 unspecified atom stereocenters. The van der Waals surface area contributed by atoms with Crippen molar-refractivity contribution in [2.24, 2.45) is 0 Å². The third kappa shape index (κ3) is 2.25. The van der Waals surface area contributed by atoms with E-state index in [0.717, 1.165) is 34.0 Å². The van der Waals surface area contributed by atoms with Crippen molar-refractivity contribution in [3.63, 3.8) is 0 Å². The van der Waals surface area contributed by atoms with E-state index in [1.54, 1.807) is 0 Å². The molecule has 2 nitrogen and oxygen atoms in total. The number of aromatic nitrogens is 2. The molecule has 0 N–H and O–H groups in total. The van der Waals surface area contributed by atoms with Crippen LogP contribution in [0.5, 0.6) is 0 Å². The average molecular weight is 305 g/mol. The van der Waals surface area contributed by atoms with Gasteiger partial charge in [-0.15, -0.1) is 10.2 Å². The number of hydrogen-bond acceptors (Lipinski definition) is 2. The van der Waals surface area contributed by atoms with Crippen LogP contribution in [0.1, 0.15) is 11.1 Å². The van der Waals surface area contributed by atoms with E-state index in [1.807, 2.05) is 26.0 Å². The summed E-state index contributed by atoms with van der Waals surface area (Å²) in [5, 5.41) is 9.91. The molecule has 1 aromatic heterocycles. The maximum Gasteiger partial charge on any atom is 0.159 e. The average Bonchev–Trinajstić information content (AvgIpc) is 2.46. The summed E-state index contributed by atoms with van der Waals surface area (Å²) in [6, 6.07) is 7.57. The Morgan fingerprint density at radius 3 is 2.19 bits per heavy atom. The summed E-state index contributed by atoms with van der Waals surface area (Å²) in [4.78, 5) is 0. The summed E-state index contributed by atoms with van der Waals surface area (Å²) in [5.74, 6) is -1.81. The van der Waals surface area contributed by atoms with Crippen molar-refractivity contribution < 1.29 is 8.78 Å². The van der Waals surface area contributed by atoms with Gasteiger partial charge in [0.25, 0.3) is 0 Å².